The van der Waals surface area contributed by atoms with Gasteiger partial charge in [-0.3, -0.25) is 0 Å². The van der Waals surface area contributed by atoms with E-state index in [1.165, 1.54) is 5.56 Å². The Morgan fingerprint density at radius 1 is 1.21 bits per heavy atom. The number of imidazole rings is 1. The topological polar surface area (TPSA) is 76.1 Å². The first-order chi connectivity index (χ1) is 11.6. The highest BCUT2D eigenvalue weighted by Crippen LogP contribution is 2.49. The molecule has 4 rings (SSSR count). The van der Waals surface area contributed by atoms with Crippen LogP contribution in [0.1, 0.15) is 49.6 Å². The van der Waals surface area contributed by atoms with E-state index in [9.17, 15) is 0 Å². The van der Waals surface area contributed by atoms with Gasteiger partial charge in [0.15, 0.2) is 11.3 Å². The summed E-state index contributed by atoms with van der Waals surface area (Å²) in [6.07, 6.45) is 5.75. The molecule has 6 nitrogen and oxygen atoms in total. The lowest BCUT2D eigenvalue weighted by Gasteiger charge is -2.15. The highest BCUT2D eigenvalue weighted by atomic mass is 16.5. The minimum Gasteiger partial charge on any atom is -0.463 e. The Morgan fingerprint density at radius 3 is 2.67 bits per heavy atom. The normalized spacial score (nSPS) is 15.4. The zero-order valence-electron chi connectivity index (χ0n) is 13.6. The number of aromatic nitrogens is 4. The number of nitriles is 1. The second-order valence-electron chi connectivity index (χ2n) is 6.47. The van der Waals surface area contributed by atoms with Crippen LogP contribution in [-0.2, 0) is 5.60 Å². The zero-order valence-corrected chi connectivity index (χ0v) is 13.6. The summed E-state index contributed by atoms with van der Waals surface area (Å²) in [6.45, 7) is 4.35. The first kappa shape index (κ1) is 14.6. The molecule has 0 amide bonds. The smallest absolute Gasteiger partial charge is 0.234 e. The Labute approximate surface area is 139 Å². The van der Waals surface area contributed by atoms with Crippen molar-refractivity contribution in [1.82, 2.24) is 19.6 Å². The van der Waals surface area contributed by atoms with Gasteiger partial charge in [0.25, 0.3) is 0 Å². The Morgan fingerprint density at radius 2 is 2.04 bits per heavy atom. The Balaban J connectivity index is 1.67. The van der Waals surface area contributed by atoms with E-state index in [0.29, 0.717) is 11.8 Å². The third kappa shape index (κ3) is 2.38. The van der Waals surface area contributed by atoms with Crippen LogP contribution in [0.3, 0.4) is 0 Å². The first-order valence-corrected chi connectivity index (χ1v) is 8.01. The third-order valence-corrected chi connectivity index (χ3v) is 4.41. The molecule has 0 aromatic carbocycles. The summed E-state index contributed by atoms with van der Waals surface area (Å²) in [4.78, 5) is 4.60. The molecule has 24 heavy (non-hydrogen) atoms. The van der Waals surface area contributed by atoms with Gasteiger partial charge in [-0.15, -0.1) is 10.2 Å². The van der Waals surface area contributed by atoms with Gasteiger partial charge in [0.1, 0.15) is 11.8 Å². The second kappa shape index (κ2) is 5.31. The van der Waals surface area contributed by atoms with Crippen molar-refractivity contribution in [3.8, 4) is 11.9 Å². The van der Waals surface area contributed by atoms with Crippen molar-refractivity contribution in [3.05, 3.63) is 53.7 Å². The van der Waals surface area contributed by atoms with Crippen molar-refractivity contribution in [1.29, 1.82) is 5.26 Å². The molecule has 6 heteroatoms. The fourth-order valence-corrected chi connectivity index (χ4v) is 2.84. The standard InChI is InChI=1S/C18H17N5O/c1-12(2)13-3-5-15-17(20-11-23(15)10-13)18(7-8-18)24-16-6-4-14(9-19)21-22-16/h3-6,10-12H,7-8H2,1-2H3. The predicted molar refractivity (Wildman–Crippen MR) is 87.6 cm³/mol. The van der Waals surface area contributed by atoms with E-state index in [4.69, 9.17) is 10.00 Å². The summed E-state index contributed by atoms with van der Waals surface area (Å²) < 4.78 is 8.14. The molecule has 0 bridgehead atoms. The zero-order chi connectivity index (χ0) is 16.7. The van der Waals surface area contributed by atoms with Crippen LogP contribution in [0.5, 0.6) is 5.88 Å². The van der Waals surface area contributed by atoms with Crippen molar-refractivity contribution in [2.45, 2.75) is 38.2 Å². The summed E-state index contributed by atoms with van der Waals surface area (Å²) in [5.74, 6) is 0.895. The number of fused-ring (bicyclic) bond motifs is 1. The summed E-state index contributed by atoms with van der Waals surface area (Å²) in [5.41, 5.74) is 3.11. The molecule has 1 fully saturated rings. The quantitative estimate of drug-likeness (QED) is 0.738. The minimum absolute atomic E-state index is 0.279. The average molecular weight is 319 g/mol. The van der Waals surface area contributed by atoms with Gasteiger partial charge >= 0.3 is 0 Å². The SMILES string of the molecule is CC(C)c1ccc2c(C3(Oc4ccc(C#N)nn4)CC3)ncn2c1. The lowest BCUT2D eigenvalue weighted by atomic mass is 10.1. The molecule has 1 aliphatic carbocycles. The van der Waals surface area contributed by atoms with Crippen molar-refractivity contribution >= 4 is 5.52 Å². The lowest BCUT2D eigenvalue weighted by molar-refractivity contribution is 0.168. The first-order valence-electron chi connectivity index (χ1n) is 8.01. The van der Waals surface area contributed by atoms with Gasteiger partial charge in [0, 0.05) is 12.3 Å². The van der Waals surface area contributed by atoms with Gasteiger partial charge in [-0.25, -0.2) is 4.98 Å². The third-order valence-electron chi connectivity index (χ3n) is 4.41. The van der Waals surface area contributed by atoms with Crippen LogP contribution < -0.4 is 4.74 Å². The molecule has 1 aliphatic rings. The number of hydrogen-bond donors (Lipinski definition) is 0. The molecule has 0 N–H and O–H groups in total. The van der Waals surface area contributed by atoms with Crippen molar-refractivity contribution in [3.63, 3.8) is 0 Å². The average Bonchev–Trinajstić information content (AvgIpc) is 3.24. The van der Waals surface area contributed by atoms with Gasteiger partial charge in [-0.1, -0.05) is 19.9 Å². The van der Waals surface area contributed by atoms with Crippen LogP contribution in [0.4, 0.5) is 0 Å². The van der Waals surface area contributed by atoms with Crippen LogP contribution >= 0.6 is 0 Å². The van der Waals surface area contributed by atoms with Gasteiger partial charge in [0.05, 0.1) is 11.8 Å². The van der Waals surface area contributed by atoms with Gasteiger partial charge in [-0.2, -0.15) is 5.26 Å². The maximum absolute atomic E-state index is 8.80. The predicted octanol–water partition coefficient (Wildman–Crippen LogP) is 3.19. The maximum atomic E-state index is 8.80. The molecule has 0 saturated heterocycles. The van der Waals surface area contributed by atoms with E-state index in [2.05, 4.69) is 51.8 Å². The summed E-state index contributed by atoms with van der Waals surface area (Å²) in [5, 5.41) is 16.6. The fourth-order valence-electron chi connectivity index (χ4n) is 2.84. The molecule has 3 aromatic rings. The molecule has 0 radical (unpaired) electrons. The molecular weight excluding hydrogens is 302 g/mol. The highest BCUT2D eigenvalue weighted by Gasteiger charge is 2.50. The van der Waals surface area contributed by atoms with Crippen molar-refractivity contribution in [2.75, 3.05) is 0 Å². The van der Waals surface area contributed by atoms with Gasteiger partial charge < -0.3 is 9.14 Å². The van der Waals surface area contributed by atoms with E-state index in [-0.39, 0.29) is 5.69 Å². The Hall–Kier alpha value is -2.94. The molecule has 1 saturated carbocycles. The van der Waals surface area contributed by atoms with E-state index >= 15 is 0 Å². The molecule has 0 unspecified atom stereocenters. The molecule has 120 valence electrons. The molecule has 0 atom stereocenters. The largest absolute Gasteiger partial charge is 0.463 e. The van der Waals surface area contributed by atoms with Gasteiger partial charge in [0.2, 0.25) is 5.88 Å². The number of rotatable bonds is 4. The van der Waals surface area contributed by atoms with Crippen LogP contribution in [0.25, 0.3) is 5.52 Å². The van der Waals surface area contributed by atoms with Crippen LogP contribution in [0.15, 0.2) is 36.8 Å². The van der Waals surface area contributed by atoms with E-state index < -0.39 is 5.60 Å². The monoisotopic (exact) mass is 319 g/mol. The minimum atomic E-state index is -0.434. The molecule has 3 heterocycles. The molecule has 3 aromatic heterocycles. The van der Waals surface area contributed by atoms with Crippen LogP contribution in [0.2, 0.25) is 0 Å². The summed E-state index contributed by atoms with van der Waals surface area (Å²) in [6, 6.07) is 9.49. The summed E-state index contributed by atoms with van der Waals surface area (Å²) >= 11 is 0. The number of hydrogen-bond acceptors (Lipinski definition) is 5. The number of ether oxygens (including phenoxy) is 1. The van der Waals surface area contributed by atoms with Gasteiger partial charge in [-0.05, 0) is 36.5 Å². The molecular formula is C18H17N5O. The fraction of sp³-hybridized carbons (Fsp3) is 0.333. The lowest BCUT2D eigenvalue weighted by Crippen LogP contribution is -2.17. The second-order valence-corrected chi connectivity index (χ2v) is 6.47. The van der Waals surface area contributed by atoms with E-state index in [1.807, 2.05) is 12.4 Å². The Kier molecular flexibility index (Phi) is 3.24. The van der Waals surface area contributed by atoms with E-state index in [0.717, 1.165) is 24.1 Å². The maximum Gasteiger partial charge on any atom is 0.234 e. The van der Waals surface area contributed by atoms with E-state index in [1.54, 1.807) is 12.1 Å². The Bertz CT molecular complexity index is 932. The highest BCUT2D eigenvalue weighted by molar-refractivity contribution is 5.57. The van der Waals surface area contributed by atoms with Crippen molar-refractivity contribution in [2.24, 2.45) is 0 Å². The van der Waals surface area contributed by atoms with Crippen molar-refractivity contribution < 1.29 is 4.74 Å². The number of pyridine rings is 1. The summed E-state index contributed by atoms with van der Waals surface area (Å²) in [7, 11) is 0. The van der Waals surface area contributed by atoms with Crippen LogP contribution in [-0.4, -0.2) is 19.6 Å². The molecule has 0 aliphatic heterocycles. The van der Waals surface area contributed by atoms with Crippen LogP contribution in [0, 0.1) is 11.3 Å². The number of nitrogens with zero attached hydrogens (tertiary/aromatic N) is 5. The molecule has 0 spiro atoms.